The van der Waals surface area contributed by atoms with Gasteiger partial charge in [-0.15, -0.1) is 0 Å². The van der Waals surface area contributed by atoms with E-state index in [2.05, 4.69) is 6.07 Å². The predicted octanol–water partition coefficient (Wildman–Crippen LogP) is 2.10. The molecule has 0 aliphatic rings. The molecule has 0 bridgehead atoms. The third kappa shape index (κ3) is 1.93. The van der Waals surface area contributed by atoms with Crippen molar-refractivity contribution in [2.75, 3.05) is 5.73 Å². The lowest BCUT2D eigenvalue weighted by molar-refractivity contribution is 0.517. The summed E-state index contributed by atoms with van der Waals surface area (Å²) >= 11 is 0. The maximum Gasteiger partial charge on any atom is 0.420 e. The van der Waals surface area contributed by atoms with Crippen molar-refractivity contribution < 1.29 is 4.42 Å². The third-order valence-electron chi connectivity index (χ3n) is 3.16. The van der Waals surface area contributed by atoms with Crippen LogP contribution < -0.4 is 11.5 Å². The maximum absolute atomic E-state index is 11.9. The second-order valence-corrected chi connectivity index (χ2v) is 4.45. The number of nitrogens with two attached hydrogens (primary N) is 1. The number of benzene rings is 2. The highest BCUT2D eigenvalue weighted by atomic mass is 16.4. The van der Waals surface area contributed by atoms with Crippen LogP contribution in [0.1, 0.15) is 11.1 Å². The van der Waals surface area contributed by atoms with E-state index in [1.54, 1.807) is 30.3 Å². The van der Waals surface area contributed by atoms with E-state index in [0.717, 1.165) is 5.56 Å². The summed E-state index contributed by atoms with van der Waals surface area (Å²) in [7, 11) is 0. The molecule has 0 saturated heterocycles. The van der Waals surface area contributed by atoms with E-state index in [9.17, 15) is 4.79 Å². The van der Waals surface area contributed by atoms with Crippen molar-refractivity contribution in [3.63, 3.8) is 0 Å². The molecule has 0 amide bonds. The van der Waals surface area contributed by atoms with E-state index in [1.165, 1.54) is 4.57 Å². The average Bonchev–Trinajstić information content (AvgIpc) is 2.75. The Balaban J connectivity index is 2.14. The fourth-order valence-electron chi connectivity index (χ4n) is 2.17. The van der Waals surface area contributed by atoms with Gasteiger partial charge in [-0.3, -0.25) is 4.57 Å². The number of hydrogen-bond acceptors (Lipinski definition) is 4. The third-order valence-corrected chi connectivity index (χ3v) is 3.16. The van der Waals surface area contributed by atoms with Gasteiger partial charge in [-0.05, 0) is 23.8 Å². The molecule has 1 aromatic heterocycles. The largest absolute Gasteiger partial charge is 0.420 e. The van der Waals surface area contributed by atoms with Crippen LogP contribution >= 0.6 is 0 Å². The lowest BCUT2D eigenvalue weighted by Gasteiger charge is -2.04. The van der Waals surface area contributed by atoms with Gasteiger partial charge in [-0.1, -0.05) is 18.2 Å². The first-order chi connectivity index (χ1) is 9.69. The summed E-state index contributed by atoms with van der Waals surface area (Å²) in [5.74, 6) is -0.460. The summed E-state index contributed by atoms with van der Waals surface area (Å²) in [6, 6.07) is 14.4. The minimum Gasteiger partial charge on any atom is -0.408 e. The molecule has 0 aliphatic heterocycles. The molecule has 0 atom stereocenters. The Hall–Kier alpha value is -3.00. The number of oxazole rings is 1. The molecule has 0 radical (unpaired) electrons. The van der Waals surface area contributed by atoms with Gasteiger partial charge in [0.05, 0.1) is 23.7 Å². The molecule has 98 valence electrons. The highest BCUT2D eigenvalue weighted by Crippen LogP contribution is 2.18. The molecule has 0 fully saturated rings. The Labute approximate surface area is 114 Å². The smallest absolute Gasteiger partial charge is 0.408 e. The summed E-state index contributed by atoms with van der Waals surface area (Å²) in [5, 5.41) is 9.09. The number of hydrogen-bond donors (Lipinski definition) is 1. The molecule has 3 aromatic rings. The molecule has 0 unspecified atom stereocenters. The van der Waals surface area contributed by atoms with Crippen LogP contribution in [0.5, 0.6) is 0 Å². The summed E-state index contributed by atoms with van der Waals surface area (Å²) in [6.45, 7) is 0.291. The molecule has 0 saturated carbocycles. The zero-order valence-corrected chi connectivity index (χ0v) is 10.5. The van der Waals surface area contributed by atoms with Crippen LogP contribution in [0, 0.1) is 11.3 Å². The quantitative estimate of drug-likeness (QED) is 0.719. The molecule has 1 heterocycles. The van der Waals surface area contributed by atoms with Gasteiger partial charge in [0.2, 0.25) is 0 Å². The Morgan fingerprint density at radius 3 is 2.85 bits per heavy atom. The monoisotopic (exact) mass is 265 g/mol. The van der Waals surface area contributed by atoms with Crippen LogP contribution in [0.25, 0.3) is 11.1 Å². The zero-order valence-electron chi connectivity index (χ0n) is 10.5. The topological polar surface area (TPSA) is 85.0 Å². The van der Waals surface area contributed by atoms with Gasteiger partial charge in [0, 0.05) is 11.8 Å². The van der Waals surface area contributed by atoms with Crippen molar-refractivity contribution >= 4 is 16.8 Å². The molecule has 5 heteroatoms. The first-order valence-corrected chi connectivity index (χ1v) is 6.06. The van der Waals surface area contributed by atoms with Crippen LogP contribution in [-0.2, 0) is 6.54 Å². The Bertz CT molecular complexity index is 884. The Morgan fingerprint density at radius 2 is 2.05 bits per heavy atom. The Morgan fingerprint density at radius 1 is 1.25 bits per heavy atom. The Kier molecular flexibility index (Phi) is 2.77. The molecule has 20 heavy (non-hydrogen) atoms. The van der Waals surface area contributed by atoms with E-state index in [0.29, 0.717) is 28.9 Å². The SMILES string of the molecule is N#Cc1ccccc1Cn1c(=O)oc2cc(N)ccc21. The van der Waals surface area contributed by atoms with E-state index in [1.807, 2.05) is 12.1 Å². The summed E-state index contributed by atoms with van der Waals surface area (Å²) in [4.78, 5) is 11.9. The van der Waals surface area contributed by atoms with Gasteiger partial charge < -0.3 is 10.2 Å². The molecular formula is C15H11N3O2. The van der Waals surface area contributed by atoms with Crippen molar-refractivity contribution in [3.8, 4) is 6.07 Å². The van der Waals surface area contributed by atoms with Crippen LogP contribution in [-0.4, -0.2) is 4.57 Å². The minimum atomic E-state index is -0.460. The molecule has 3 rings (SSSR count). The zero-order chi connectivity index (χ0) is 14.1. The van der Waals surface area contributed by atoms with Crippen LogP contribution in [0.4, 0.5) is 5.69 Å². The normalized spacial score (nSPS) is 10.6. The van der Waals surface area contributed by atoms with Gasteiger partial charge in [0.15, 0.2) is 5.58 Å². The summed E-state index contributed by atoms with van der Waals surface area (Å²) in [5.41, 5.74) is 8.64. The minimum absolute atomic E-state index is 0.291. The highest BCUT2D eigenvalue weighted by Gasteiger charge is 2.11. The van der Waals surface area contributed by atoms with Crippen molar-refractivity contribution in [2.45, 2.75) is 6.54 Å². The van der Waals surface area contributed by atoms with Crippen LogP contribution in [0.15, 0.2) is 51.7 Å². The number of anilines is 1. The fourth-order valence-corrected chi connectivity index (χ4v) is 2.17. The molecule has 2 aromatic carbocycles. The van der Waals surface area contributed by atoms with Gasteiger partial charge in [0.25, 0.3) is 0 Å². The van der Waals surface area contributed by atoms with Gasteiger partial charge in [0.1, 0.15) is 0 Å². The average molecular weight is 265 g/mol. The second-order valence-electron chi connectivity index (χ2n) is 4.45. The van der Waals surface area contributed by atoms with E-state index in [4.69, 9.17) is 15.4 Å². The summed E-state index contributed by atoms with van der Waals surface area (Å²) in [6.07, 6.45) is 0. The number of rotatable bonds is 2. The second kappa shape index (κ2) is 4.59. The maximum atomic E-state index is 11.9. The lowest BCUT2D eigenvalue weighted by atomic mass is 10.1. The van der Waals surface area contributed by atoms with Crippen molar-refractivity contribution in [3.05, 3.63) is 64.1 Å². The molecule has 2 N–H and O–H groups in total. The van der Waals surface area contributed by atoms with Gasteiger partial charge in [-0.2, -0.15) is 5.26 Å². The molecular weight excluding hydrogens is 254 g/mol. The first-order valence-electron chi connectivity index (χ1n) is 6.06. The number of nitrogens with zero attached hydrogens (tertiary/aromatic N) is 2. The first kappa shape index (κ1) is 12.1. The number of aromatic nitrogens is 1. The van der Waals surface area contributed by atoms with Crippen molar-refractivity contribution in [1.29, 1.82) is 5.26 Å². The summed E-state index contributed by atoms with van der Waals surface area (Å²) < 4.78 is 6.66. The van der Waals surface area contributed by atoms with Crippen LogP contribution in [0.2, 0.25) is 0 Å². The fraction of sp³-hybridized carbons (Fsp3) is 0.0667. The van der Waals surface area contributed by atoms with Gasteiger partial charge >= 0.3 is 5.76 Å². The van der Waals surface area contributed by atoms with Crippen LogP contribution in [0.3, 0.4) is 0 Å². The number of nitrogen functional groups attached to an aromatic ring is 1. The number of nitriles is 1. The van der Waals surface area contributed by atoms with Crippen molar-refractivity contribution in [2.24, 2.45) is 0 Å². The van der Waals surface area contributed by atoms with Crippen molar-refractivity contribution in [1.82, 2.24) is 4.57 Å². The molecule has 0 spiro atoms. The van der Waals surface area contributed by atoms with E-state index < -0.39 is 5.76 Å². The molecule has 5 nitrogen and oxygen atoms in total. The standard InChI is InChI=1S/C15H11N3O2/c16-8-10-3-1-2-4-11(10)9-18-13-6-5-12(17)7-14(13)20-15(18)19/h1-7H,9,17H2. The highest BCUT2D eigenvalue weighted by molar-refractivity contribution is 5.76. The lowest BCUT2D eigenvalue weighted by Crippen LogP contribution is -2.15. The van der Waals surface area contributed by atoms with E-state index in [-0.39, 0.29) is 0 Å². The number of fused-ring (bicyclic) bond motifs is 1. The van der Waals surface area contributed by atoms with Gasteiger partial charge in [-0.25, -0.2) is 4.79 Å². The predicted molar refractivity (Wildman–Crippen MR) is 75.1 cm³/mol. The van der Waals surface area contributed by atoms with E-state index >= 15 is 0 Å². The molecule has 0 aliphatic carbocycles.